The van der Waals surface area contributed by atoms with Crippen molar-refractivity contribution < 1.29 is 4.74 Å². The molecule has 3 aliphatic rings. The lowest BCUT2D eigenvalue weighted by Gasteiger charge is -2.32. The highest BCUT2D eigenvalue weighted by molar-refractivity contribution is 5.80. The largest absolute Gasteiger partial charge is 0.379 e. The number of nitrogens with one attached hydrogen (secondary N) is 1. The highest BCUT2D eigenvalue weighted by atomic mass is 16.5. The van der Waals surface area contributed by atoms with Gasteiger partial charge in [-0.2, -0.15) is 0 Å². The molecule has 0 aliphatic carbocycles. The molecular weight excluding hydrogens is 386 g/mol. The van der Waals surface area contributed by atoms with Crippen molar-refractivity contribution >= 4 is 5.96 Å². The number of nitrogens with zero attached hydrogens (tertiary/aromatic N) is 4. The van der Waals surface area contributed by atoms with Crippen molar-refractivity contribution in [1.82, 2.24) is 20.0 Å². The quantitative estimate of drug-likeness (QED) is 0.559. The summed E-state index contributed by atoms with van der Waals surface area (Å²) in [5.74, 6) is 1.07. The van der Waals surface area contributed by atoms with Crippen LogP contribution in [0.25, 0.3) is 0 Å². The molecule has 1 aromatic carbocycles. The van der Waals surface area contributed by atoms with Crippen LogP contribution in [0.3, 0.4) is 0 Å². The normalized spacial score (nSPS) is 24.4. The van der Waals surface area contributed by atoms with Crippen molar-refractivity contribution in [3.63, 3.8) is 0 Å². The van der Waals surface area contributed by atoms with Gasteiger partial charge in [-0.15, -0.1) is 0 Å². The highest BCUT2D eigenvalue weighted by Gasteiger charge is 2.30. The molecule has 1 atom stereocenters. The van der Waals surface area contributed by atoms with Crippen LogP contribution in [0.4, 0.5) is 0 Å². The Morgan fingerprint density at radius 2 is 1.74 bits per heavy atom. The second-order valence-electron chi connectivity index (χ2n) is 9.17. The first kappa shape index (κ1) is 22.6. The van der Waals surface area contributed by atoms with E-state index in [1.807, 2.05) is 0 Å². The number of morpholine rings is 1. The maximum Gasteiger partial charge on any atom is 0.194 e. The van der Waals surface area contributed by atoms with Gasteiger partial charge in [0.15, 0.2) is 5.96 Å². The van der Waals surface area contributed by atoms with E-state index >= 15 is 0 Å². The van der Waals surface area contributed by atoms with Gasteiger partial charge in [-0.25, -0.2) is 4.99 Å². The van der Waals surface area contributed by atoms with Crippen molar-refractivity contribution in [3.05, 3.63) is 35.4 Å². The molecule has 31 heavy (non-hydrogen) atoms. The maximum absolute atomic E-state index is 5.54. The minimum atomic E-state index is 0.628. The SMILES string of the molecule is CCNC(=NCc1ccccc1CN1CCCCCC1)N1CCC(N2CCOCC2)C1. The van der Waals surface area contributed by atoms with Crippen LogP contribution < -0.4 is 5.32 Å². The Kier molecular flexibility index (Phi) is 8.62. The second-order valence-corrected chi connectivity index (χ2v) is 9.17. The van der Waals surface area contributed by atoms with E-state index in [2.05, 4.69) is 51.2 Å². The zero-order valence-electron chi connectivity index (χ0n) is 19.4. The van der Waals surface area contributed by atoms with E-state index in [9.17, 15) is 0 Å². The summed E-state index contributed by atoms with van der Waals surface area (Å²) in [6.45, 7) is 13.4. The first-order valence-electron chi connectivity index (χ1n) is 12.5. The van der Waals surface area contributed by atoms with Gasteiger partial charge in [0, 0.05) is 45.3 Å². The second kappa shape index (κ2) is 11.8. The highest BCUT2D eigenvalue weighted by Crippen LogP contribution is 2.19. The summed E-state index contributed by atoms with van der Waals surface area (Å²) in [5.41, 5.74) is 2.81. The van der Waals surface area contributed by atoms with Gasteiger partial charge in [0.1, 0.15) is 0 Å². The summed E-state index contributed by atoms with van der Waals surface area (Å²) in [6.07, 6.45) is 6.66. The number of aliphatic imine (C=N–C) groups is 1. The Morgan fingerprint density at radius 3 is 2.48 bits per heavy atom. The molecule has 0 spiro atoms. The summed E-state index contributed by atoms with van der Waals surface area (Å²) < 4.78 is 5.54. The number of benzene rings is 1. The van der Waals surface area contributed by atoms with Gasteiger partial charge >= 0.3 is 0 Å². The number of rotatable bonds is 6. The predicted octanol–water partition coefficient (Wildman–Crippen LogP) is 2.93. The maximum atomic E-state index is 5.54. The fraction of sp³-hybridized carbons (Fsp3) is 0.720. The van der Waals surface area contributed by atoms with Crippen LogP contribution in [-0.2, 0) is 17.8 Å². The van der Waals surface area contributed by atoms with Crippen molar-refractivity contribution in [2.24, 2.45) is 4.99 Å². The Balaban J connectivity index is 1.39. The van der Waals surface area contributed by atoms with Gasteiger partial charge in [-0.05, 0) is 50.4 Å². The molecule has 0 amide bonds. The molecule has 0 saturated carbocycles. The van der Waals surface area contributed by atoms with Crippen LogP contribution in [0.5, 0.6) is 0 Å². The van der Waals surface area contributed by atoms with Crippen LogP contribution >= 0.6 is 0 Å². The topological polar surface area (TPSA) is 43.3 Å². The number of likely N-dealkylation sites (tertiary alicyclic amines) is 2. The minimum Gasteiger partial charge on any atom is -0.379 e. The molecule has 6 heteroatoms. The third-order valence-corrected chi connectivity index (χ3v) is 6.97. The third-order valence-electron chi connectivity index (χ3n) is 6.97. The molecule has 1 N–H and O–H groups in total. The smallest absolute Gasteiger partial charge is 0.194 e. The fourth-order valence-corrected chi connectivity index (χ4v) is 5.16. The molecule has 0 bridgehead atoms. The van der Waals surface area contributed by atoms with E-state index in [1.165, 1.54) is 56.3 Å². The fourth-order valence-electron chi connectivity index (χ4n) is 5.16. The van der Waals surface area contributed by atoms with Crippen LogP contribution in [0.1, 0.15) is 50.2 Å². The first-order chi connectivity index (χ1) is 15.3. The molecule has 0 radical (unpaired) electrons. The molecule has 1 aromatic rings. The van der Waals surface area contributed by atoms with Crippen LogP contribution in [-0.4, -0.2) is 85.7 Å². The van der Waals surface area contributed by atoms with E-state index in [1.54, 1.807) is 0 Å². The Hall–Kier alpha value is -1.63. The Bertz CT molecular complexity index is 695. The van der Waals surface area contributed by atoms with Gasteiger partial charge in [0.25, 0.3) is 0 Å². The molecule has 6 nitrogen and oxygen atoms in total. The van der Waals surface area contributed by atoms with E-state index in [-0.39, 0.29) is 0 Å². The van der Waals surface area contributed by atoms with Gasteiger partial charge < -0.3 is 15.0 Å². The zero-order valence-corrected chi connectivity index (χ0v) is 19.4. The van der Waals surface area contributed by atoms with E-state index < -0.39 is 0 Å². The van der Waals surface area contributed by atoms with Crippen molar-refractivity contribution in [1.29, 1.82) is 0 Å². The van der Waals surface area contributed by atoms with Crippen LogP contribution in [0.15, 0.2) is 29.3 Å². The summed E-state index contributed by atoms with van der Waals surface area (Å²) in [7, 11) is 0. The standard InChI is InChI=1S/C25H41N5O/c1-2-26-25(30-14-11-24(21-30)29-15-17-31-18-16-29)27-19-22-9-5-6-10-23(22)20-28-12-7-3-4-8-13-28/h5-6,9-10,24H,2-4,7-8,11-21H2,1H3,(H,26,27). The van der Waals surface area contributed by atoms with Crippen molar-refractivity contribution in [3.8, 4) is 0 Å². The predicted molar refractivity (Wildman–Crippen MR) is 127 cm³/mol. The molecule has 0 aromatic heterocycles. The summed E-state index contributed by atoms with van der Waals surface area (Å²) in [6, 6.07) is 9.53. The van der Waals surface area contributed by atoms with Crippen molar-refractivity contribution in [2.75, 3.05) is 59.0 Å². The van der Waals surface area contributed by atoms with Crippen LogP contribution in [0.2, 0.25) is 0 Å². The lowest BCUT2D eigenvalue weighted by atomic mass is 10.1. The van der Waals surface area contributed by atoms with Gasteiger partial charge in [0.2, 0.25) is 0 Å². The number of hydrogen-bond donors (Lipinski definition) is 1. The molecule has 3 saturated heterocycles. The Morgan fingerprint density at radius 1 is 1.00 bits per heavy atom. The average Bonchev–Trinajstić information content (AvgIpc) is 3.16. The van der Waals surface area contributed by atoms with Crippen molar-refractivity contribution in [2.45, 2.75) is 58.2 Å². The zero-order chi connectivity index (χ0) is 21.3. The lowest BCUT2D eigenvalue weighted by molar-refractivity contribution is 0.0195. The van der Waals surface area contributed by atoms with Gasteiger partial charge in [0.05, 0.1) is 19.8 Å². The number of hydrogen-bond acceptors (Lipinski definition) is 4. The van der Waals surface area contributed by atoms with Gasteiger partial charge in [-0.3, -0.25) is 9.80 Å². The molecule has 3 aliphatic heterocycles. The molecule has 3 fully saturated rings. The summed E-state index contributed by atoms with van der Waals surface area (Å²) >= 11 is 0. The molecule has 1 unspecified atom stereocenters. The van der Waals surface area contributed by atoms with E-state index in [0.717, 1.165) is 65.0 Å². The third kappa shape index (κ3) is 6.43. The lowest BCUT2D eigenvalue weighted by Crippen LogP contribution is -2.46. The summed E-state index contributed by atoms with van der Waals surface area (Å²) in [5, 5.41) is 3.55. The average molecular weight is 428 g/mol. The Labute approximate surface area is 188 Å². The summed E-state index contributed by atoms with van der Waals surface area (Å²) in [4.78, 5) is 12.8. The molecular formula is C25H41N5O. The molecule has 4 rings (SSSR count). The number of ether oxygens (including phenoxy) is 1. The van der Waals surface area contributed by atoms with Crippen LogP contribution in [0, 0.1) is 0 Å². The molecule has 3 heterocycles. The van der Waals surface area contributed by atoms with Gasteiger partial charge in [-0.1, -0.05) is 37.1 Å². The number of guanidine groups is 1. The van der Waals surface area contributed by atoms with E-state index in [4.69, 9.17) is 9.73 Å². The monoisotopic (exact) mass is 427 g/mol. The minimum absolute atomic E-state index is 0.628. The molecule has 172 valence electrons. The first-order valence-corrected chi connectivity index (χ1v) is 12.5. The van der Waals surface area contributed by atoms with E-state index in [0.29, 0.717) is 6.04 Å².